The highest BCUT2D eigenvalue weighted by molar-refractivity contribution is 5.88. The minimum absolute atomic E-state index is 0.374. The smallest absolute Gasteiger partial charge is 0.308 e. The van der Waals surface area contributed by atoms with Gasteiger partial charge in [-0.2, -0.15) is 0 Å². The highest BCUT2D eigenvalue weighted by Gasteiger charge is 2.60. The number of carbonyl (C=O) groups is 2. The number of benzene rings is 1. The van der Waals surface area contributed by atoms with Crippen LogP contribution < -0.4 is 0 Å². The van der Waals surface area contributed by atoms with E-state index in [0.29, 0.717) is 0 Å². The zero-order valence-electron chi connectivity index (χ0n) is 7.83. The molecule has 1 aromatic rings. The molecule has 15 heavy (non-hydrogen) atoms. The van der Waals surface area contributed by atoms with Crippen LogP contribution in [0.15, 0.2) is 30.3 Å². The van der Waals surface area contributed by atoms with Gasteiger partial charge >= 0.3 is 11.9 Å². The fraction of sp³-hybridized carbons (Fsp3) is 0.273. The number of carboxylic acid groups (broad SMARTS) is 2. The average molecular weight is 206 g/mol. The van der Waals surface area contributed by atoms with Crippen molar-refractivity contribution in [2.24, 2.45) is 11.8 Å². The molecular weight excluding hydrogens is 196 g/mol. The lowest BCUT2D eigenvalue weighted by molar-refractivity contribution is -0.144. The number of carboxylic acids is 2. The lowest BCUT2D eigenvalue weighted by atomic mass is 10.1. The molecule has 0 saturated heterocycles. The van der Waals surface area contributed by atoms with E-state index in [1.54, 1.807) is 24.3 Å². The van der Waals surface area contributed by atoms with Crippen LogP contribution in [0.5, 0.6) is 0 Å². The molecule has 1 aliphatic rings. The Bertz CT molecular complexity index is 378. The van der Waals surface area contributed by atoms with Crippen LogP contribution in [-0.2, 0) is 9.59 Å². The van der Waals surface area contributed by atoms with Crippen molar-refractivity contribution in [2.75, 3.05) is 0 Å². The number of hydrogen-bond acceptors (Lipinski definition) is 2. The van der Waals surface area contributed by atoms with Gasteiger partial charge in [-0.05, 0) is 5.56 Å². The van der Waals surface area contributed by atoms with Gasteiger partial charge in [0.15, 0.2) is 0 Å². The van der Waals surface area contributed by atoms with Crippen LogP contribution in [0.25, 0.3) is 0 Å². The fourth-order valence-electron chi connectivity index (χ4n) is 2.02. The summed E-state index contributed by atoms with van der Waals surface area (Å²) in [5, 5.41) is 17.7. The molecule has 0 bridgehead atoms. The molecule has 78 valence electrons. The molecule has 2 N–H and O–H groups in total. The molecule has 1 saturated carbocycles. The third-order valence-corrected chi connectivity index (χ3v) is 2.77. The van der Waals surface area contributed by atoms with E-state index in [4.69, 9.17) is 10.2 Å². The van der Waals surface area contributed by atoms with Crippen LogP contribution in [0.2, 0.25) is 0 Å². The minimum Gasteiger partial charge on any atom is -0.481 e. The van der Waals surface area contributed by atoms with Gasteiger partial charge in [0.2, 0.25) is 0 Å². The summed E-state index contributed by atoms with van der Waals surface area (Å²) >= 11 is 0. The first-order valence-corrected chi connectivity index (χ1v) is 4.63. The molecule has 4 nitrogen and oxygen atoms in total. The normalized spacial score (nSPS) is 28.4. The lowest BCUT2D eigenvalue weighted by Gasteiger charge is -1.96. The summed E-state index contributed by atoms with van der Waals surface area (Å²) in [6.45, 7) is 0. The van der Waals surface area contributed by atoms with Crippen molar-refractivity contribution in [3.8, 4) is 0 Å². The molecule has 0 aromatic heterocycles. The maximum Gasteiger partial charge on any atom is 0.308 e. The zero-order chi connectivity index (χ0) is 11.0. The maximum atomic E-state index is 10.8. The molecule has 1 aliphatic carbocycles. The molecule has 0 radical (unpaired) electrons. The number of hydrogen-bond donors (Lipinski definition) is 2. The van der Waals surface area contributed by atoms with Gasteiger partial charge in [-0.3, -0.25) is 9.59 Å². The van der Waals surface area contributed by atoms with E-state index in [1.165, 1.54) is 0 Å². The molecule has 4 heteroatoms. The van der Waals surface area contributed by atoms with E-state index >= 15 is 0 Å². The van der Waals surface area contributed by atoms with Gasteiger partial charge < -0.3 is 10.2 Å². The predicted molar refractivity (Wildman–Crippen MR) is 51.4 cm³/mol. The van der Waals surface area contributed by atoms with Crippen molar-refractivity contribution in [1.82, 2.24) is 0 Å². The summed E-state index contributed by atoms with van der Waals surface area (Å²) in [6.07, 6.45) is 0. The first kappa shape index (κ1) is 9.71. The second kappa shape index (κ2) is 3.38. The Morgan fingerprint density at radius 2 is 1.40 bits per heavy atom. The van der Waals surface area contributed by atoms with Crippen molar-refractivity contribution in [1.29, 1.82) is 0 Å². The van der Waals surface area contributed by atoms with Crippen molar-refractivity contribution in [2.45, 2.75) is 5.92 Å². The molecule has 1 fully saturated rings. The number of rotatable bonds is 3. The van der Waals surface area contributed by atoms with Gasteiger partial charge in [0.05, 0.1) is 11.8 Å². The van der Waals surface area contributed by atoms with Crippen LogP contribution in [0, 0.1) is 11.8 Å². The van der Waals surface area contributed by atoms with Crippen molar-refractivity contribution in [3.63, 3.8) is 0 Å². The molecular formula is C11H10O4. The van der Waals surface area contributed by atoms with Gasteiger partial charge in [-0.15, -0.1) is 0 Å². The molecule has 2 atom stereocenters. The van der Waals surface area contributed by atoms with Crippen LogP contribution in [0.3, 0.4) is 0 Å². The summed E-state index contributed by atoms with van der Waals surface area (Å²) in [4.78, 5) is 21.6. The topological polar surface area (TPSA) is 74.6 Å². The molecule has 0 aliphatic heterocycles. The van der Waals surface area contributed by atoms with Crippen LogP contribution in [0.4, 0.5) is 0 Å². The highest BCUT2D eigenvalue weighted by atomic mass is 16.4. The van der Waals surface area contributed by atoms with Gasteiger partial charge in [-0.1, -0.05) is 30.3 Å². The summed E-state index contributed by atoms with van der Waals surface area (Å²) in [5.41, 5.74) is 0.789. The second-order valence-electron chi connectivity index (χ2n) is 3.66. The molecule has 0 amide bonds. The van der Waals surface area contributed by atoms with Crippen LogP contribution in [0.1, 0.15) is 11.5 Å². The van der Waals surface area contributed by atoms with Gasteiger partial charge in [0, 0.05) is 5.92 Å². The summed E-state index contributed by atoms with van der Waals surface area (Å²) in [6, 6.07) is 8.92. The maximum absolute atomic E-state index is 10.8. The Labute approximate surface area is 86.2 Å². The minimum atomic E-state index is -1.03. The van der Waals surface area contributed by atoms with E-state index < -0.39 is 23.8 Å². The molecule has 0 spiro atoms. The van der Waals surface area contributed by atoms with Gasteiger partial charge in [-0.25, -0.2) is 0 Å². The molecule has 0 heterocycles. The van der Waals surface area contributed by atoms with E-state index in [2.05, 4.69) is 0 Å². The third kappa shape index (κ3) is 1.58. The van der Waals surface area contributed by atoms with Crippen LogP contribution in [-0.4, -0.2) is 22.2 Å². The number of aliphatic carboxylic acids is 2. The highest BCUT2D eigenvalue weighted by Crippen LogP contribution is 2.54. The van der Waals surface area contributed by atoms with Crippen molar-refractivity contribution >= 4 is 11.9 Å². The third-order valence-electron chi connectivity index (χ3n) is 2.77. The Balaban J connectivity index is 2.25. The lowest BCUT2D eigenvalue weighted by Crippen LogP contribution is -2.05. The molecule has 2 rings (SSSR count). The SMILES string of the molecule is O=C(O)[C@H]1C(c2ccccc2)[C@@H]1C(=O)O. The van der Waals surface area contributed by atoms with Crippen LogP contribution >= 0.6 is 0 Å². The van der Waals surface area contributed by atoms with Gasteiger partial charge in [0.25, 0.3) is 0 Å². The predicted octanol–water partition coefficient (Wildman–Crippen LogP) is 1.19. The quantitative estimate of drug-likeness (QED) is 0.778. The average Bonchev–Trinajstić information content (AvgIpc) is 2.94. The second-order valence-corrected chi connectivity index (χ2v) is 3.66. The first-order chi connectivity index (χ1) is 7.13. The van der Waals surface area contributed by atoms with E-state index in [1.807, 2.05) is 6.07 Å². The standard InChI is InChI=1S/C11H10O4/c12-10(13)8-7(9(8)11(14)15)6-4-2-1-3-5-6/h1-5,7-9H,(H,12,13)(H,14,15)/t8-,9-/m0/s1. The monoisotopic (exact) mass is 206 g/mol. The van der Waals surface area contributed by atoms with Gasteiger partial charge in [0.1, 0.15) is 0 Å². The molecule has 1 aromatic carbocycles. The Hall–Kier alpha value is -1.84. The van der Waals surface area contributed by atoms with E-state index in [-0.39, 0.29) is 5.92 Å². The van der Waals surface area contributed by atoms with E-state index in [0.717, 1.165) is 5.56 Å². The van der Waals surface area contributed by atoms with Crippen molar-refractivity contribution < 1.29 is 19.8 Å². The Morgan fingerprint density at radius 3 is 1.80 bits per heavy atom. The summed E-state index contributed by atoms with van der Waals surface area (Å²) in [7, 11) is 0. The van der Waals surface area contributed by atoms with E-state index in [9.17, 15) is 9.59 Å². The van der Waals surface area contributed by atoms with Crippen molar-refractivity contribution in [3.05, 3.63) is 35.9 Å². The summed E-state index contributed by atoms with van der Waals surface area (Å²) < 4.78 is 0. The summed E-state index contributed by atoms with van der Waals surface area (Å²) in [5.74, 6) is -3.98. The largest absolute Gasteiger partial charge is 0.481 e. The zero-order valence-corrected chi connectivity index (χ0v) is 7.83. The Morgan fingerprint density at radius 1 is 0.933 bits per heavy atom. The molecule has 0 unspecified atom stereocenters. The first-order valence-electron chi connectivity index (χ1n) is 4.63. The Kier molecular flexibility index (Phi) is 2.19. The fourth-order valence-corrected chi connectivity index (χ4v) is 2.02.